The van der Waals surface area contributed by atoms with Crippen molar-refractivity contribution in [1.29, 1.82) is 0 Å². The summed E-state index contributed by atoms with van der Waals surface area (Å²) in [6.45, 7) is 10.9. The van der Waals surface area contributed by atoms with Crippen LogP contribution in [0.15, 0.2) is 35.9 Å². The third-order valence-electron chi connectivity index (χ3n) is 4.31. The number of esters is 1. The third-order valence-corrected chi connectivity index (χ3v) is 4.31. The minimum atomic E-state index is -0.316. The average Bonchev–Trinajstić information content (AvgIpc) is 2.47. The van der Waals surface area contributed by atoms with Gasteiger partial charge in [-0.2, -0.15) is 0 Å². The van der Waals surface area contributed by atoms with Crippen LogP contribution in [0.4, 0.5) is 5.69 Å². The van der Waals surface area contributed by atoms with Crippen molar-refractivity contribution in [2.45, 2.75) is 47.1 Å². The van der Waals surface area contributed by atoms with E-state index in [1.807, 2.05) is 18.2 Å². The van der Waals surface area contributed by atoms with Gasteiger partial charge in [-0.3, -0.25) is 0 Å². The fraction of sp³-hybridized carbons (Fsp3) is 0.500. The molecule has 3 nitrogen and oxygen atoms in total. The van der Waals surface area contributed by atoms with Gasteiger partial charge in [0, 0.05) is 17.1 Å². The van der Waals surface area contributed by atoms with Crippen molar-refractivity contribution in [1.82, 2.24) is 0 Å². The quantitative estimate of drug-likeness (QED) is 0.611. The number of para-hydroxylation sites is 1. The van der Waals surface area contributed by atoms with Crippen LogP contribution in [0.1, 0.15) is 51.4 Å². The number of carbonyl (C=O) groups is 1. The molecule has 0 aliphatic rings. The van der Waals surface area contributed by atoms with Crippen molar-refractivity contribution in [3.05, 3.63) is 41.5 Å². The Balaban J connectivity index is 3.01. The minimum Gasteiger partial charge on any atom is -0.465 e. The highest BCUT2D eigenvalue weighted by Gasteiger charge is 2.28. The number of hydrogen-bond donors (Lipinski definition) is 1. The second-order valence-electron chi connectivity index (χ2n) is 5.92. The van der Waals surface area contributed by atoms with Crippen LogP contribution in [-0.4, -0.2) is 19.1 Å². The van der Waals surface area contributed by atoms with E-state index in [2.05, 4.69) is 46.0 Å². The Bertz CT molecular complexity index is 518. The number of hydrogen-bond acceptors (Lipinski definition) is 3. The van der Waals surface area contributed by atoms with E-state index in [1.54, 1.807) is 6.07 Å². The summed E-state index contributed by atoms with van der Waals surface area (Å²) < 4.78 is 4.84. The highest BCUT2D eigenvalue weighted by molar-refractivity contribution is 5.95. The van der Waals surface area contributed by atoms with E-state index >= 15 is 0 Å². The van der Waals surface area contributed by atoms with E-state index in [0.717, 1.165) is 12.1 Å². The zero-order valence-corrected chi connectivity index (χ0v) is 14.0. The summed E-state index contributed by atoms with van der Waals surface area (Å²) in [6, 6.07) is 7.64. The Morgan fingerprint density at radius 3 is 2.57 bits per heavy atom. The monoisotopic (exact) mass is 289 g/mol. The molecule has 0 spiro atoms. The molecule has 0 fully saturated rings. The topological polar surface area (TPSA) is 38.3 Å². The van der Waals surface area contributed by atoms with Gasteiger partial charge in [-0.15, -0.1) is 0 Å². The van der Waals surface area contributed by atoms with Crippen LogP contribution in [-0.2, 0) is 4.74 Å². The van der Waals surface area contributed by atoms with E-state index in [4.69, 9.17) is 4.74 Å². The van der Waals surface area contributed by atoms with Gasteiger partial charge in [0.05, 0.1) is 12.7 Å². The van der Waals surface area contributed by atoms with E-state index in [9.17, 15) is 4.79 Å². The summed E-state index contributed by atoms with van der Waals surface area (Å²) in [7, 11) is 1.40. The second-order valence-corrected chi connectivity index (χ2v) is 5.92. The highest BCUT2D eigenvalue weighted by Crippen LogP contribution is 2.33. The maximum Gasteiger partial charge on any atom is 0.339 e. The fourth-order valence-electron chi connectivity index (χ4n) is 2.22. The Morgan fingerprint density at radius 1 is 1.38 bits per heavy atom. The molecule has 1 atom stereocenters. The van der Waals surface area contributed by atoms with E-state index in [1.165, 1.54) is 12.7 Å². The fourth-order valence-corrected chi connectivity index (χ4v) is 2.22. The van der Waals surface area contributed by atoms with Crippen molar-refractivity contribution >= 4 is 11.7 Å². The van der Waals surface area contributed by atoms with Crippen molar-refractivity contribution in [2.75, 3.05) is 12.4 Å². The van der Waals surface area contributed by atoms with Crippen molar-refractivity contribution in [2.24, 2.45) is 5.41 Å². The zero-order valence-electron chi connectivity index (χ0n) is 14.0. The van der Waals surface area contributed by atoms with E-state index in [0.29, 0.717) is 5.56 Å². The van der Waals surface area contributed by atoms with Crippen LogP contribution in [0.5, 0.6) is 0 Å². The molecule has 0 heterocycles. The molecule has 0 aliphatic heterocycles. The average molecular weight is 289 g/mol. The SMILES string of the molecule is CC/C=C(/C)C(C)(C)[C@@H](C)Nc1ccccc1C(=O)OC. The summed E-state index contributed by atoms with van der Waals surface area (Å²) >= 11 is 0. The Labute approximate surface area is 128 Å². The van der Waals surface area contributed by atoms with E-state index in [-0.39, 0.29) is 17.4 Å². The molecule has 0 saturated heterocycles. The van der Waals surface area contributed by atoms with Gasteiger partial charge in [-0.05, 0) is 32.4 Å². The van der Waals surface area contributed by atoms with Crippen molar-refractivity contribution < 1.29 is 9.53 Å². The van der Waals surface area contributed by atoms with Gasteiger partial charge in [0.25, 0.3) is 0 Å². The maximum absolute atomic E-state index is 11.8. The third kappa shape index (κ3) is 4.10. The molecule has 3 heteroatoms. The lowest BCUT2D eigenvalue weighted by Crippen LogP contribution is -2.35. The Morgan fingerprint density at radius 2 is 2.00 bits per heavy atom. The molecule has 0 saturated carbocycles. The lowest BCUT2D eigenvalue weighted by Gasteiger charge is -2.35. The number of nitrogens with one attached hydrogen (secondary N) is 1. The first-order chi connectivity index (χ1) is 9.84. The minimum absolute atomic E-state index is 0.000753. The number of ether oxygens (including phenoxy) is 1. The maximum atomic E-state index is 11.8. The summed E-state index contributed by atoms with van der Waals surface area (Å²) in [5, 5.41) is 3.46. The zero-order chi connectivity index (χ0) is 16.0. The summed E-state index contributed by atoms with van der Waals surface area (Å²) in [5.41, 5.74) is 2.73. The first-order valence-corrected chi connectivity index (χ1v) is 7.45. The predicted molar refractivity (Wildman–Crippen MR) is 88.7 cm³/mol. The molecule has 0 amide bonds. The van der Waals surface area contributed by atoms with Crippen LogP contribution < -0.4 is 5.32 Å². The molecule has 0 radical (unpaired) electrons. The molecule has 1 aromatic carbocycles. The van der Waals surface area contributed by atoms with Crippen LogP contribution in [0, 0.1) is 5.41 Å². The molecular weight excluding hydrogens is 262 g/mol. The van der Waals surface area contributed by atoms with Gasteiger partial charge in [-0.25, -0.2) is 4.79 Å². The Kier molecular flexibility index (Phi) is 6.01. The molecule has 0 aliphatic carbocycles. The molecule has 1 rings (SSSR count). The standard InChI is InChI=1S/C18H27NO2/c1-7-10-13(2)18(4,5)14(3)19-16-12-9-8-11-15(16)17(20)21-6/h8-12,14,19H,7H2,1-6H3/b13-10-/t14-/m1/s1. The summed E-state index contributed by atoms with van der Waals surface area (Å²) in [4.78, 5) is 11.8. The van der Waals surface area contributed by atoms with Crippen LogP contribution in [0.2, 0.25) is 0 Å². The largest absolute Gasteiger partial charge is 0.465 e. The first-order valence-electron chi connectivity index (χ1n) is 7.45. The lowest BCUT2D eigenvalue weighted by atomic mass is 9.78. The molecule has 0 bridgehead atoms. The van der Waals surface area contributed by atoms with Crippen LogP contribution >= 0.6 is 0 Å². The predicted octanol–water partition coefficient (Wildman–Crippen LogP) is 4.66. The molecule has 1 aromatic rings. The van der Waals surface area contributed by atoms with Crippen molar-refractivity contribution in [3.63, 3.8) is 0 Å². The van der Waals surface area contributed by atoms with E-state index < -0.39 is 0 Å². The molecular formula is C18H27NO2. The number of allylic oxidation sites excluding steroid dienone is 1. The number of benzene rings is 1. The van der Waals surface area contributed by atoms with Crippen molar-refractivity contribution in [3.8, 4) is 0 Å². The van der Waals surface area contributed by atoms with Gasteiger partial charge in [0.2, 0.25) is 0 Å². The first kappa shape index (κ1) is 17.3. The second kappa shape index (κ2) is 7.30. The Hall–Kier alpha value is -1.77. The number of carbonyl (C=O) groups excluding carboxylic acids is 1. The van der Waals surface area contributed by atoms with Gasteiger partial charge >= 0.3 is 5.97 Å². The highest BCUT2D eigenvalue weighted by atomic mass is 16.5. The normalized spacial score (nSPS) is 13.7. The smallest absolute Gasteiger partial charge is 0.339 e. The lowest BCUT2D eigenvalue weighted by molar-refractivity contribution is 0.0601. The van der Waals surface area contributed by atoms with Gasteiger partial charge in [0.15, 0.2) is 0 Å². The molecule has 21 heavy (non-hydrogen) atoms. The summed E-state index contributed by atoms with van der Waals surface area (Å²) in [6.07, 6.45) is 3.28. The van der Waals surface area contributed by atoms with Crippen LogP contribution in [0.3, 0.4) is 0 Å². The molecule has 0 unspecified atom stereocenters. The van der Waals surface area contributed by atoms with Gasteiger partial charge in [0.1, 0.15) is 0 Å². The molecule has 0 aromatic heterocycles. The van der Waals surface area contributed by atoms with Crippen LogP contribution in [0.25, 0.3) is 0 Å². The molecule has 1 N–H and O–H groups in total. The van der Waals surface area contributed by atoms with Gasteiger partial charge in [-0.1, -0.05) is 44.6 Å². The summed E-state index contributed by atoms with van der Waals surface area (Å²) in [5.74, 6) is -0.316. The molecule has 116 valence electrons. The number of anilines is 1. The number of methoxy groups -OCH3 is 1. The number of rotatable bonds is 6. The van der Waals surface area contributed by atoms with Gasteiger partial charge < -0.3 is 10.1 Å².